The molecule has 5 heteroatoms. The maximum absolute atomic E-state index is 9.79. The van der Waals surface area contributed by atoms with Crippen LogP contribution in [0.1, 0.15) is 33.6 Å². The summed E-state index contributed by atoms with van der Waals surface area (Å²) in [7, 11) is 0. The second-order valence-electron chi connectivity index (χ2n) is 6.70. The molecule has 5 nitrogen and oxygen atoms in total. The highest BCUT2D eigenvalue weighted by molar-refractivity contribution is 5.32. The normalized spacial score (nSPS) is 11.1. The van der Waals surface area contributed by atoms with Gasteiger partial charge >= 0.3 is 0 Å². The lowest BCUT2D eigenvalue weighted by molar-refractivity contribution is 0.235. The molecule has 3 rings (SSSR count). The molecule has 0 aliphatic heterocycles. The number of hydrogen-bond donors (Lipinski definition) is 2. The summed E-state index contributed by atoms with van der Waals surface area (Å²) in [4.78, 5) is 11.3. The van der Waals surface area contributed by atoms with Crippen molar-refractivity contribution >= 4 is 0 Å². The molecule has 0 radical (unpaired) electrons. The van der Waals surface area contributed by atoms with Crippen LogP contribution in [0.4, 0.5) is 0 Å². The second-order valence-corrected chi connectivity index (χ2v) is 6.70. The molecule has 2 heterocycles. The number of hydrogen-bond acceptors (Lipinski definition) is 5. The van der Waals surface area contributed by atoms with Gasteiger partial charge < -0.3 is 10.8 Å². The molecule has 0 saturated carbocycles. The third-order valence-electron chi connectivity index (χ3n) is 4.67. The zero-order valence-electron chi connectivity index (χ0n) is 15.7. The summed E-state index contributed by atoms with van der Waals surface area (Å²) in [6.45, 7) is 4.68. The van der Waals surface area contributed by atoms with Crippen LogP contribution in [0.25, 0.3) is 0 Å². The molecule has 0 bridgehead atoms. The van der Waals surface area contributed by atoms with E-state index in [2.05, 4.69) is 33.9 Å². The molecule has 0 unspecified atom stereocenters. The number of nitrogens with two attached hydrogens (primary N) is 1. The number of nitrogens with zero attached hydrogens (tertiary/aromatic N) is 3. The van der Waals surface area contributed by atoms with Gasteiger partial charge in [0, 0.05) is 38.6 Å². The number of aromatic nitrogens is 2. The molecule has 3 N–H and O–H groups in total. The number of aliphatic hydroxyl groups is 1. The van der Waals surface area contributed by atoms with Gasteiger partial charge in [0.05, 0.1) is 18.0 Å². The number of aliphatic hydroxyl groups excluding tert-OH is 1. The lowest BCUT2D eigenvalue weighted by Crippen LogP contribution is -2.24. The van der Waals surface area contributed by atoms with Crippen LogP contribution in [0.3, 0.4) is 0 Å². The van der Waals surface area contributed by atoms with E-state index in [4.69, 9.17) is 5.73 Å². The number of pyridine rings is 2. The monoisotopic (exact) mass is 362 g/mol. The van der Waals surface area contributed by atoms with E-state index in [0.29, 0.717) is 26.2 Å². The predicted molar refractivity (Wildman–Crippen MR) is 106 cm³/mol. The first-order valence-corrected chi connectivity index (χ1v) is 9.14. The summed E-state index contributed by atoms with van der Waals surface area (Å²) in [5.41, 5.74) is 12.0. The van der Waals surface area contributed by atoms with E-state index < -0.39 is 0 Å². The van der Waals surface area contributed by atoms with Gasteiger partial charge in [-0.2, -0.15) is 0 Å². The lowest BCUT2D eigenvalue weighted by atomic mass is 10.0. The van der Waals surface area contributed by atoms with Crippen LogP contribution >= 0.6 is 0 Å². The van der Waals surface area contributed by atoms with Crippen molar-refractivity contribution in [2.75, 3.05) is 0 Å². The zero-order valence-corrected chi connectivity index (χ0v) is 15.7. The fourth-order valence-electron chi connectivity index (χ4n) is 3.13. The van der Waals surface area contributed by atoms with E-state index in [1.165, 1.54) is 5.56 Å². The van der Waals surface area contributed by atoms with Gasteiger partial charge in [-0.1, -0.05) is 30.3 Å². The van der Waals surface area contributed by atoms with Crippen molar-refractivity contribution in [2.24, 2.45) is 5.73 Å². The van der Waals surface area contributed by atoms with Gasteiger partial charge in [0.1, 0.15) is 0 Å². The first-order chi connectivity index (χ1) is 13.2. The highest BCUT2D eigenvalue weighted by atomic mass is 16.3. The summed E-state index contributed by atoms with van der Waals surface area (Å²) < 4.78 is 0. The largest absolute Gasteiger partial charge is 0.392 e. The topological polar surface area (TPSA) is 75.3 Å². The molecule has 0 saturated heterocycles. The average molecular weight is 362 g/mol. The standard InChI is InChI=1S/C22H26N4O/c1-17-5-4-10-25-22(17)15-26(14-21-6-2-3-9-24-21)13-19-8-7-18(12-23)11-20(19)16-27/h2-11,27H,12-16,23H2,1H3. The Morgan fingerprint density at radius 3 is 2.48 bits per heavy atom. The van der Waals surface area contributed by atoms with Crippen molar-refractivity contribution < 1.29 is 5.11 Å². The quantitative estimate of drug-likeness (QED) is 0.644. The van der Waals surface area contributed by atoms with Gasteiger partial charge in [0.2, 0.25) is 0 Å². The Morgan fingerprint density at radius 1 is 0.926 bits per heavy atom. The Labute approximate surface area is 160 Å². The van der Waals surface area contributed by atoms with E-state index >= 15 is 0 Å². The first kappa shape index (κ1) is 19.2. The molecule has 0 atom stereocenters. The first-order valence-electron chi connectivity index (χ1n) is 9.14. The minimum atomic E-state index is 0.00319. The van der Waals surface area contributed by atoms with Crippen molar-refractivity contribution in [1.82, 2.24) is 14.9 Å². The highest BCUT2D eigenvalue weighted by Gasteiger charge is 2.13. The molecular weight excluding hydrogens is 336 g/mol. The van der Waals surface area contributed by atoms with Crippen LogP contribution in [0, 0.1) is 6.92 Å². The second kappa shape index (κ2) is 9.37. The minimum Gasteiger partial charge on any atom is -0.392 e. The summed E-state index contributed by atoms with van der Waals surface area (Å²) in [5, 5.41) is 9.79. The highest BCUT2D eigenvalue weighted by Crippen LogP contribution is 2.18. The van der Waals surface area contributed by atoms with E-state index in [1.807, 2.05) is 48.8 Å². The summed E-state index contributed by atoms with van der Waals surface area (Å²) in [5.74, 6) is 0. The molecule has 2 aromatic heterocycles. The molecule has 0 amide bonds. The number of benzene rings is 1. The minimum absolute atomic E-state index is 0.00319. The van der Waals surface area contributed by atoms with Crippen LogP contribution in [0.5, 0.6) is 0 Å². The molecule has 1 aromatic carbocycles. The Morgan fingerprint density at radius 2 is 1.78 bits per heavy atom. The molecule has 140 valence electrons. The number of aryl methyl sites for hydroxylation is 1. The SMILES string of the molecule is Cc1cccnc1CN(Cc1ccccn1)Cc1ccc(CN)cc1CO. The van der Waals surface area contributed by atoms with Gasteiger partial charge in [-0.15, -0.1) is 0 Å². The third-order valence-corrected chi connectivity index (χ3v) is 4.67. The molecule has 27 heavy (non-hydrogen) atoms. The zero-order chi connectivity index (χ0) is 19.1. The molecule has 0 fully saturated rings. The van der Waals surface area contributed by atoms with Gasteiger partial charge in [-0.3, -0.25) is 14.9 Å². The Kier molecular flexibility index (Phi) is 6.65. The van der Waals surface area contributed by atoms with Crippen LogP contribution < -0.4 is 5.73 Å². The third kappa shape index (κ3) is 5.20. The van der Waals surface area contributed by atoms with Crippen LogP contribution in [-0.2, 0) is 32.8 Å². The van der Waals surface area contributed by atoms with Gasteiger partial charge in [-0.05, 0) is 47.4 Å². The Hall–Kier alpha value is -2.60. The predicted octanol–water partition coefficient (Wildman–Crippen LogP) is 2.94. The fourth-order valence-corrected chi connectivity index (χ4v) is 3.13. The van der Waals surface area contributed by atoms with Crippen molar-refractivity contribution in [3.63, 3.8) is 0 Å². The summed E-state index contributed by atoms with van der Waals surface area (Å²) >= 11 is 0. The maximum Gasteiger partial charge on any atom is 0.0685 e. The number of rotatable bonds is 8. The van der Waals surface area contributed by atoms with E-state index in [-0.39, 0.29) is 6.61 Å². The van der Waals surface area contributed by atoms with Gasteiger partial charge in [0.25, 0.3) is 0 Å². The smallest absolute Gasteiger partial charge is 0.0685 e. The van der Waals surface area contributed by atoms with Crippen LogP contribution in [0.15, 0.2) is 60.9 Å². The average Bonchev–Trinajstić information content (AvgIpc) is 2.70. The molecule has 3 aromatic rings. The van der Waals surface area contributed by atoms with Gasteiger partial charge in [-0.25, -0.2) is 0 Å². The molecule has 0 aliphatic rings. The Bertz CT molecular complexity index is 867. The van der Waals surface area contributed by atoms with Crippen molar-refractivity contribution in [3.05, 3.63) is 94.6 Å². The van der Waals surface area contributed by atoms with Crippen molar-refractivity contribution in [2.45, 2.75) is 39.7 Å². The van der Waals surface area contributed by atoms with Crippen LogP contribution in [0.2, 0.25) is 0 Å². The van der Waals surface area contributed by atoms with E-state index in [9.17, 15) is 5.11 Å². The van der Waals surface area contributed by atoms with Crippen LogP contribution in [-0.4, -0.2) is 20.0 Å². The van der Waals surface area contributed by atoms with E-state index in [0.717, 1.165) is 28.1 Å². The molecular formula is C22H26N4O. The Balaban J connectivity index is 1.86. The maximum atomic E-state index is 9.79. The van der Waals surface area contributed by atoms with E-state index in [1.54, 1.807) is 0 Å². The van der Waals surface area contributed by atoms with Gasteiger partial charge in [0.15, 0.2) is 0 Å². The van der Waals surface area contributed by atoms with Crippen molar-refractivity contribution in [3.8, 4) is 0 Å². The molecule has 0 aliphatic carbocycles. The molecule has 0 spiro atoms. The van der Waals surface area contributed by atoms with Crippen molar-refractivity contribution in [1.29, 1.82) is 0 Å². The summed E-state index contributed by atoms with van der Waals surface area (Å²) in [6.07, 6.45) is 3.64. The fraction of sp³-hybridized carbons (Fsp3) is 0.273. The summed E-state index contributed by atoms with van der Waals surface area (Å²) in [6, 6.07) is 16.1. The lowest BCUT2D eigenvalue weighted by Gasteiger charge is -2.24.